The van der Waals surface area contributed by atoms with Gasteiger partial charge < -0.3 is 28.8 Å². The van der Waals surface area contributed by atoms with Gasteiger partial charge in [-0.1, -0.05) is 93.6 Å². The Kier molecular flexibility index (Phi) is 12.9. The number of hydrogen-bond donors (Lipinski definition) is 1. The van der Waals surface area contributed by atoms with Crippen LogP contribution in [0.15, 0.2) is 91.0 Å². The van der Waals surface area contributed by atoms with Gasteiger partial charge in [0, 0.05) is 6.61 Å². The van der Waals surface area contributed by atoms with E-state index in [0.717, 1.165) is 32.1 Å². The van der Waals surface area contributed by atoms with Gasteiger partial charge in [0.15, 0.2) is 18.5 Å². The topological polar surface area (TPSA) is 118 Å². The molecule has 1 heterocycles. The highest BCUT2D eigenvalue weighted by Crippen LogP contribution is 2.32. The number of aliphatic hydroxyl groups is 1. The number of carbonyl (C=O) groups excluding carboxylic acids is 3. The summed E-state index contributed by atoms with van der Waals surface area (Å²) >= 11 is 0. The number of ether oxygens (including phenoxy) is 5. The quantitative estimate of drug-likeness (QED) is 0.124. The third kappa shape index (κ3) is 9.47. The van der Waals surface area contributed by atoms with E-state index in [2.05, 4.69) is 6.92 Å². The van der Waals surface area contributed by atoms with Crippen molar-refractivity contribution in [3.8, 4) is 0 Å². The fourth-order valence-electron chi connectivity index (χ4n) is 4.88. The van der Waals surface area contributed by atoms with E-state index in [1.165, 1.54) is 6.42 Å². The van der Waals surface area contributed by atoms with Crippen molar-refractivity contribution in [3.05, 3.63) is 108 Å². The Hall–Kier alpha value is -4.05. The standard InChI is InChI=1S/C35H40O9/c1-2-3-4-5-6-16-23-40-35-31(43-34(39)27-21-14-9-15-22-27)30(42-33(38)26-19-12-8-13-20-26)29(44-35)28(36)24-41-32(37)25-17-10-7-11-18-25/h7-15,17-22,28-31,35-36H,2-6,16,23-24H2,1H3/t28-,29+,30+,31-,35-/m0/s1. The van der Waals surface area contributed by atoms with Crippen LogP contribution in [0.2, 0.25) is 0 Å². The Morgan fingerprint density at radius 3 is 1.70 bits per heavy atom. The molecule has 234 valence electrons. The van der Waals surface area contributed by atoms with Crippen molar-refractivity contribution in [2.45, 2.75) is 76.2 Å². The number of benzene rings is 3. The van der Waals surface area contributed by atoms with Crippen LogP contribution in [0.4, 0.5) is 0 Å². The van der Waals surface area contributed by atoms with Gasteiger partial charge in [0.05, 0.1) is 16.7 Å². The summed E-state index contributed by atoms with van der Waals surface area (Å²) in [5.41, 5.74) is 0.867. The molecule has 9 nitrogen and oxygen atoms in total. The van der Waals surface area contributed by atoms with Gasteiger partial charge in [-0.2, -0.15) is 0 Å². The van der Waals surface area contributed by atoms with E-state index in [0.29, 0.717) is 12.2 Å². The molecule has 44 heavy (non-hydrogen) atoms. The Bertz CT molecular complexity index is 1300. The second-order valence-corrected chi connectivity index (χ2v) is 10.6. The highest BCUT2D eigenvalue weighted by atomic mass is 16.7. The Morgan fingerprint density at radius 2 is 1.16 bits per heavy atom. The lowest BCUT2D eigenvalue weighted by atomic mass is 10.1. The van der Waals surface area contributed by atoms with Gasteiger partial charge in [-0.3, -0.25) is 0 Å². The monoisotopic (exact) mass is 604 g/mol. The minimum Gasteiger partial charge on any atom is -0.459 e. The molecule has 0 saturated carbocycles. The molecule has 5 atom stereocenters. The van der Waals surface area contributed by atoms with Crippen molar-refractivity contribution in [1.82, 2.24) is 0 Å². The number of hydrogen-bond acceptors (Lipinski definition) is 9. The van der Waals surface area contributed by atoms with E-state index in [-0.39, 0.29) is 11.1 Å². The highest BCUT2D eigenvalue weighted by molar-refractivity contribution is 5.90. The molecule has 1 aliphatic rings. The van der Waals surface area contributed by atoms with Crippen molar-refractivity contribution < 1.29 is 43.2 Å². The molecule has 0 unspecified atom stereocenters. The van der Waals surface area contributed by atoms with Gasteiger partial charge >= 0.3 is 17.9 Å². The lowest BCUT2D eigenvalue weighted by Gasteiger charge is -2.26. The summed E-state index contributed by atoms with van der Waals surface area (Å²) < 4.78 is 29.2. The Labute approximate surface area is 258 Å². The van der Waals surface area contributed by atoms with Crippen LogP contribution in [0.1, 0.15) is 76.5 Å². The molecule has 1 aliphatic heterocycles. The van der Waals surface area contributed by atoms with Crippen LogP contribution in [0.25, 0.3) is 0 Å². The van der Waals surface area contributed by atoms with Crippen molar-refractivity contribution >= 4 is 17.9 Å². The molecule has 0 radical (unpaired) electrons. The molecule has 0 aliphatic carbocycles. The maximum absolute atomic E-state index is 13.2. The lowest BCUT2D eigenvalue weighted by Crippen LogP contribution is -2.46. The molecule has 1 fully saturated rings. The van der Waals surface area contributed by atoms with Crippen LogP contribution in [0.3, 0.4) is 0 Å². The molecular weight excluding hydrogens is 564 g/mol. The SMILES string of the molecule is CCCCCCCCO[C@H]1O[C@H]([C@@H](O)COC(=O)c2ccccc2)[C@@H](OC(=O)c2ccccc2)[C@@H]1OC(=O)c1ccccc1. The molecule has 0 amide bonds. The second-order valence-electron chi connectivity index (χ2n) is 10.6. The first-order chi connectivity index (χ1) is 21.5. The third-order valence-corrected chi connectivity index (χ3v) is 7.27. The number of aliphatic hydroxyl groups excluding tert-OH is 1. The average molecular weight is 605 g/mol. The van der Waals surface area contributed by atoms with Crippen molar-refractivity contribution in [2.24, 2.45) is 0 Å². The molecule has 0 aromatic heterocycles. The molecule has 0 spiro atoms. The van der Waals surface area contributed by atoms with Crippen LogP contribution in [-0.2, 0) is 23.7 Å². The smallest absolute Gasteiger partial charge is 0.338 e. The number of carbonyl (C=O) groups is 3. The van der Waals surface area contributed by atoms with Crippen molar-refractivity contribution in [1.29, 1.82) is 0 Å². The first-order valence-corrected chi connectivity index (χ1v) is 15.2. The van der Waals surface area contributed by atoms with Gasteiger partial charge in [-0.05, 0) is 42.8 Å². The molecule has 3 aromatic carbocycles. The maximum atomic E-state index is 13.2. The predicted octanol–water partition coefficient (Wildman–Crippen LogP) is 5.76. The normalized spacial score (nSPS) is 20.0. The van der Waals surface area contributed by atoms with E-state index in [1.807, 2.05) is 0 Å². The molecule has 3 aromatic rings. The fourth-order valence-corrected chi connectivity index (χ4v) is 4.88. The van der Waals surface area contributed by atoms with E-state index in [9.17, 15) is 19.5 Å². The van der Waals surface area contributed by atoms with Crippen LogP contribution in [0.5, 0.6) is 0 Å². The first kappa shape index (κ1) is 32.9. The van der Waals surface area contributed by atoms with Gasteiger partial charge in [-0.15, -0.1) is 0 Å². The third-order valence-electron chi connectivity index (χ3n) is 7.27. The fraction of sp³-hybridized carbons (Fsp3) is 0.400. The van der Waals surface area contributed by atoms with Crippen molar-refractivity contribution in [2.75, 3.05) is 13.2 Å². The van der Waals surface area contributed by atoms with E-state index in [1.54, 1.807) is 91.0 Å². The minimum atomic E-state index is -1.43. The summed E-state index contributed by atoms with van der Waals surface area (Å²) in [4.78, 5) is 38.9. The van der Waals surface area contributed by atoms with E-state index in [4.69, 9.17) is 23.7 Å². The summed E-state index contributed by atoms with van der Waals surface area (Å²) in [6.45, 7) is 2.01. The van der Waals surface area contributed by atoms with E-state index < -0.39 is 55.2 Å². The molecule has 9 heteroatoms. The summed E-state index contributed by atoms with van der Waals surface area (Å²) in [6.07, 6.45) is -0.0461. The van der Waals surface area contributed by atoms with Gasteiger partial charge in [-0.25, -0.2) is 14.4 Å². The minimum absolute atomic E-state index is 0.265. The lowest BCUT2D eigenvalue weighted by molar-refractivity contribution is -0.181. The summed E-state index contributed by atoms with van der Waals surface area (Å²) in [5, 5.41) is 11.2. The predicted molar refractivity (Wildman–Crippen MR) is 162 cm³/mol. The van der Waals surface area contributed by atoms with Crippen LogP contribution < -0.4 is 0 Å². The van der Waals surface area contributed by atoms with Gasteiger partial charge in [0.2, 0.25) is 0 Å². The number of esters is 3. The maximum Gasteiger partial charge on any atom is 0.338 e. The largest absolute Gasteiger partial charge is 0.459 e. The van der Waals surface area contributed by atoms with Crippen LogP contribution in [-0.4, -0.2) is 66.9 Å². The van der Waals surface area contributed by atoms with Crippen LogP contribution >= 0.6 is 0 Å². The van der Waals surface area contributed by atoms with Crippen LogP contribution in [0, 0.1) is 0 Å². The molecule has 4 rings (SSSR count). The average Bonchev–Trinajstić information content (AvgIpc) is 3.40. The zero-order chi connectivity index (χ0) is 31.1. The second kappa shape index (κ2) is 17.3. The van der Waals surface area contributed by atoms with Gasteiger partial charge in [0.25, 0.3) is 0 Å². The zero-order valence-corrected chi connectivity index (χ0v) is 24.9. The molecular formula is C35H40O9. The molecule has 0 bridgehead atoms. The molecule has 1 N–H and O–H groups in total. The highest BCUT2D eigenvalue weighted by Gasteiger charge is 2.53. The summed E-state index contributed by atoms with van der Waals surface area (Å²) in [5.74, 6) is -2.00. The Morgan fingerprint density at radius 1 is 0.682 bits per heavy atom. The summed E-state index contributed by atoms with van der Waals surface area (Å²) in [7, 11) is 0. The number of rotatable bonds is 16. The Balaban J connectivity index is 1.53. The van der Waals surface area contributed by atoms with Crippen molar-refractivity contribution in [3.63, 3.8) is 0 Å². The zero-order valence-electron chi connectivity index (χ0n) is 24.9. The molecule has 1 saturated heterocycles. The van der Waals surface area contributed by atoms with Gasteiger partial charge in [0.1, 0.15) is 18.8 Å². The first-order valence-electron chi connectivity index (χ1n) is 15.2. The van der Waals surface area contributed by atoms with E-state index >= 15 is 0 Å². The summed E-state index contributed by atoms with van der Waals surface area (Å²) in [6, 6.07) is 25.1. The number of unbranched alkanes of at least 4 members (excludes halogenated alkanes) is 5.